The van der Waals surface area contributed by atoms with Crippen molar-refractivity contribution in [2.45, 2.75) is 11.6 Å². The van der Waals surface area contributed by atoms with E-state index in [9.17, 15) is 8.42 Å². The summed E-state index contributed by atoms with van der Waals surface area (Å²) >= 11 is 6.69. The van der Waals surface area contributed by atoms with E-state index >= 15 is 0 Å². The van der Waals surface area contributed by atoms with Crippen molar-refractivity contribution in [1.29, 1.82) is 0 Å². The summed E-state index contributed by atoms with van der Waals surface area (Å²) in [5.41, 5.74) is 0. The molecule has 0 saturated carbocycles. The molecule has 2 aromatic rings. The van der Waals surface area contributed by atoms with E-state index in [-0.39, 0.29) is 0 Å². The van der Waals surface area contributed by atoms with Crippen LogP contribution in [-0.4, -0.2) is 53.6 Å². The molecule has 1 aromatic heterocycles. The summed E-state index contributed by atoms with van der Waals surface area (Å²) in [5.74, 6) is 0. The number of hydrogen-bond donors (Lipinski definition) is 0. The molecule has 1 aliphatic rings. The molecule has 0 radical (unpaired) electrons. The molecule has 1 aliphatic heterocycles. The van der Waals surface area contributed by atoms with Gasteiger partial charge in [-0.3, -0.25) is 9.58 Å². The van der Waals surface area contributed by atoms with E-state index in [1.54, 1.807) is 28.7 Å². The van der Waals surface area contributed by atoms with Crippen LogP contribution < -0.4 is 0 Å². The third kappa shape index (κ3) is 4.03. The molecule has 0 aliphatic carbocycles. The van der Waals surface area contributed by atoms with Gasteiger partial charge in [0.1, 0.15) is 0 Å². The summed E-state index contributed by atoms with van der Waals surface area (Å²) in [6.45, 7) is 3.00. The summed E-state index contributed by atoms with van der Waals surface area (Å²) in [6.07, 6.45) is 3.65. The minimum atomic E-state index is -3.43. The van der Waals surface area contributed by atoms with Gasteiger partial charge < -0.3 is 0 Å². The number of halogens is 2. The quantitative estimate of drug-likeness (QED) is 0.698. The molecule has 0 N–H and O–H groups in total. The van der Waals surface area contributed by atoms with Crippen molar-refractivity contribution in [3.63, 3.8) is 0 Å². The molecule has 9 heteroatoms. The van der Waals surface area contributed by atoms with Crippen LogP contribution in [0.2, 0.25) is 0 Å². The average molecular weight is 464 g/mol. The Bertz CT molecular complexity index is 786. The molecule has 23 heavy (non-hydrogen) atoms. The fraction of sp³-hybridized carbons (Fsp3) is 0.357. The van der Waals surface area contributed by atoms with E-state index in [4.69, 9.17) is 0 Å². The predicted molar refractivity (Wildman–Crippen MR) is 94.4 cm³/mol. The van der Waals surface area contributed by atoms with Crippen molar-refractivity contribution >= 4 is 41.9 Å². The standard InChI is InChI=1S/C14H16Br2N4O2S/c15-12-2-1-3-14(8-12)23(21,22)20-6-4-18(5-7-20)11-19-10-13(16)9-17-19/h1-3,8-10H,4-7,11H2. The highest BCUT2D eigenvalue weighted by molar-refractivity contribution is 9.10. The van der Waals surface area contributed by atoms with Crippen LogP contribution >= 0.6 is 31.9 Å². The predicted octanol–water partition coefficient (Wildman–Crippen LogP) is 2.37. The third-order valence-electron chi connectivity index (χ3n) is 3.71. The number of nitrogens with zero attached hydrogens (tertiary/aromatic N) is 4. The second-order valence-electron chi connectivity index (χ2n) is 5.32. The molecular weight excluding hydrogens is 448 g/mol. The molecule has 124 valence electrons. The number of piperazine rings is 1. The maximum atomic E-state index is 12.7. The molecule has 0 amide bonds. The van der Waals surface area contributed by atoms with E-state index in [0.29, 0.717) is 37.7 Å². The van der Waals surface area contributed by atoms with Gasteiger partial charge in [0.25, 0.3) is 0 Å². The van der Waals surface area contributed by atoms with Crippen molar-refractivity contribution < 1.29 is 8.42 Å². The lowest BCUT2D eigenvalue weighted by atomic mass is 10.4. The van der Waals surface area contributed by atoms with Gasteiger partial charge in [0.2, 0.25) is 10.0 Å². The molecule has 1 fully saturated rings. The first-order chi connectivity index (χ1) is 10.9. The Morgan fingerprint density at radius 3 is 2.43 bits per heavy atom. The fourth-order valence-electron chi connectivity index (χ4n) is 2.51. The van der Waals surface area contributed by atoms with Crippen LogP contribution in [-0.2, 0) is 16.7 Å². The van der Waals surface area contributed by atoms with E-state index < -0.39 is 10.0 Å². The van der Waals surface area contributed by atoms with Crippen LogP contribution in [0.15, 0.2) is 50.5 Å². The second-order valence-corrected chi connectivity index (χ2v) is 9.09. The molecular formula is C14H16Br2N4O2S. The van der Waals surface area contributed by atoms with Crippen LogP contribution in [0.25, 0.3) is 0 Å². The maximum absolute atomic E-state index is 12.7. The summed E-state index contributed by atoms with van der Waals surface area (Å²) < 4.78 is 30.4. The second kappa shape index (κ2) is 7.02. The first-order valence-corrected chi connectivity index (χ1v) is 10.1. The van der Waals surface area contributed by atoms with Gasteiger partial charge in [0.05, 0.1) is 22.2 Å². The minimum absolute atomic E-state index is 0.330. The third-order valence-corrected chi connectivity index (χ3v) is 6.51. The van der Waals surface area contributed by atoms with E-state index in [1.165, 1.54) is 0 Å². The van der Waals surface area contributed by atoms with Gasteiger partial charge in [0.15, 0.2) is 0 Å². The largest absolute Gasteiger partial charge is 0.282 e. The maximum Gasteiger partial charge on any atom is 0.243 e. The van der Waals surface area contributed by atoms with Gasteiger partial charge in [-0.1, -0.05) is 22.0 Å². The summed E-state index contributed by atoms with van der Waals surface area (Å²) in [5, 5.41) is 4.23. The molecule has 2 heterocycles. The highest BCUT2D eigenvalue weighted by Crippen LogP contribution is 2.21. The molecule has 0 unspecified atom stereocenters. The minimum Gasteiger partial charge on any atom is -0.282 e. The lowest BCUT2D eigenvalue weighted by Gasteiger charge is -2.33. The molecule has 1 saturated heterocycles. The Hall–Kier alpha value is -0.740. The van der Waals surface area contributed by atoms with Gasteiger partial charge in [-0.15, -0.1) is 0 Å². The number of aromatic nitrogens is 2. The fourth-order valence-corrected chi connectivity index (χ4v) is 4.86. The first-order valence-electron chi connectivity index (χ1n) is 7.11. The zero-order chi connectivity index (χ0) is 16.4. The van der Waals surface area contributed by atoms with Crippen molar-refractivity contribution in [3.8, 4) is 0 Å². The molecule has 6 nitrogen and oxygen atoms in total. The highest BCUT2D eigenvalue weighted by atomic mass is 79.9. The Morgan fingerprint density at radius 1 is 1.09 bits per heavy atom. The SMILES string of the molecule is O=S(=O)(c1cccc(Br)c1)N1CCN(Cn2cc(Br)cn2)CC1. The van der Waals surface area contributed by atoms with Crippen molar-refractivity contribution in [1.82, 2.24) is 19.0 Å². The number of hydrogen-bond acceptors (Lipinski definition) is 4. The van der Waals surface area contributed by atoms with Crippen molar-refractivity contribution in [3.05, 3.63) is 45.6 Å². The normalized spacial score (nSPS) is 17.5. The number of benzene rings is 1. The van der Waals surface area contributed by atoms with Gasteiger partial charge in [-0.05, 0) is 34.1 Å². The van der Waals surface area contributed by atoms with Crippen LogP contribution in [0.5, 0.6) is 0 Å². The summed E-state index contributed by atoms with van der Waals surface area (Å²) in [7, 11) is -3.43. The molecule has 3 rings (SSSR count). The van der Waals surface area contributed by atoms with Crippen LogP contribution in [0, 0.1) is 0 Å². The Labute approximate surface area is 152 Å². The number of sulfonamides is 1. The molecule has 0 atom stereocenters. The zero-order valence-corrected chi connectivity index (χ0v) is 16.3. The van der Waals surface area contributed by atoms with Crippen LogP contribution in [0.4, 0.5) is 0 Å². The zero-order valence-electron chi connectivity index (χ0n) is 12.3. The first kappa shape index (κ1) is 17.1. The molecule has 0 spiro atoms. The average Bonchev–Trinajstić information content (AvgIpc) is 2.93. The van der Waals surface area contributed by atoms with Gasteiger partial charge in [0, 0.05) is 36.8 Å². The topological polar surface area (TPSA) is 58.4 Å². The Kier molecular flexibility index (Phi) is 5.22. The molecule has 1 aromatic carbocycles. The van der Waals surface area contributed by atoms with E-state index in [0.717, 1.165) is 8.95 Å². The Morgan fingerprint density at radius 2 is 1.83 bits per heavy atom. The van der Waals surface area contributed by atoms with Gasteiger partial charge >= 0.3 is 0 Å². The summed E-state index contributed by atoms with van der Waals surface area (Å²) in [6, 6.07) is 6.83. The summed E-state index contributed by atoms with van der Waals surface area (Å²) in [4.78, 5) is 2.52. The lowest BCUT2D eigenvalue weighted by Crippen LogP contribution is -2.48. The highest BCUT2D eigenvalue weighted by Gasteiger charge is 2.28. The van der Waals surface area contributed by atoms with Crippen molar-refractivity contribution in [2.75, 3.05) is 26.2 Å². The molecule has 0 bridgehead atoms. The van der Waals surface area contributed by atoms with Gasteiger partial charge in [-0.2, -0.15) is 9.40 Å². The smallest absolute Gasteiger partial charge is 0.243 e. The van der Waals surface area contributed by atoms with E-state index in [1.807, 2.05) is 16.9 Å². The number of rotatable bonds is 4. The van der Waals surface area contributed by atoms with Gasteiger partial charge in [-0.25, -0.2) is 8.42 Å². The van der Waals surface area contributed by atoms with Crippen molar-refractivity contribution in [2.24, 2.45) is 0 Å². The lowest BCUT2D eigenvalue weighted by molar-refractivity contribution is 0.145. The van der Waals surface area contributed by atoms with Crippen LogP contribution in [0.1, 0.15) is 0 Å². The van der Waals surface area contributed by atoms with Crippen LogP contribution in [0.3, 0.4) is 0 Å². The monoisotopic (exact) mass is 462 g/mol. The van der Waals surface area contributed by atoms with E-state index in [2.05, 4.69) is 41.9 Å². The Balaban J connectivity index is 1.64.